The van der Waals surface area contributed by atoms with Crippen LogP contribution in [0.4, 0.5) is 10.1 Å². The Labute approximate surface area is 178 Å². The topological polar surface area (TPSA) is 51.3 Å². The fourth-order valence-electron chi connectivity index (χ4n) is 3.56. The van der Waals surface area contributed by atoms with Gasteiger partial charge in [-0.1, -0.05) is 36.4 Å². The first-order chi connectivity index (χ1) is 15.1. The zero-order chi connectivity index (χ0) is 21.4. The fourth-order valence-corrected chi connectivity index (χ4v) is 3.56. The van der Waals surface area contributed by atoms with E-state index in [1.165, 1.54) is 12.1 Å². The van der Waals surface area contributed by atoms with Crippen molar-refractivity contribution >= 4 is 17.1 Å². The van der Waals surface area contributed by atoms with Crippen LogP contribution < -0.4 is 5.32 Å². The quantitative estimate of drug-likeness (QED) is 0.426. The molecule has 3 heterocycles. The summed E-state index contributed by atoms with van der Waals surface area (Å²) >= 11 is 0. The van der Waals surface area contributed by atoms with Gasteiger partial charge in [0.2, 0.25) is 0 Å². The summed E-state index contributed by atoms with van der Waals surface area (Å²) in [6, 6.07) is 23.6. The summed E-state index contributed by atoms with van der Waals surface area (Å²) in [6.07, 6.45) is 3.74. The number of carbonyl (C=O) groups excluding carboxylic acids is 1. The molecule has 0 bridgehead atoms. The van der Waals surface area contributed by atoms with Crippen LogP contribution in [0.1, 0.15) is 16.1 Å². The van der Waals surface area contributed by atoms with Crippen LogP contribution in [0.5, 0.6) is 0 Å². The third kappa shape index (κ3) is 3.59. The lowest BCUT2D eigenvalue weighted by Crippen LogP contribution is -2.14. The van der Waals surface area contributed by atoms with Gasteiger partial charge in [0, 0.05) is 23.6 Å². The Morgan fingerprint density at radius 1 is 0.903 bits per heavy atom. The van der Waals surface area contributed by atoms with E-state index in [0.29, 0.717) is 5.69 Å². The van der Waals surface area contributed by atoms with Gasteiger partial charge in [-0.3, -0.25) is 4.79 Å². The normalized spacial score (nSPS) is 11.0. The van der Waals surface area contributed by atoms with Crippen molar-refractivity contribution in [3.05, 3.63) is 108 Å². The van der Waals surface area contributed by atoms with Gasteiger partial charge in [0.15, 0.2) is 5.69 Å². The lowest BCUT2D eigenvalue weighted by molar-refractivity contribution is 0.102. The molecule has 2 aromatic carbocycles. The average Bonchev–Trinajstić information content (AvgIpc) is 3.42. The van der Waals surface area contributed by atoms with Gasteiger partial charge in [0.1, 0.15) is 11.6 Å². The van der Waals surface area contributed by atoms with Crippen molar-refractivity contribution in [3.63, 3.8) is 0 Å². The molecule has 0 fully saturated rings. The molecular formula is C25H19FN4O. The highest BCUT2D eigenvalue weighted by Gasteiger charge is 2.13. The number of halogens is 1. The number of benzene rings is 2. The molecule has 6 heteroatoms. The minimum atomic E-state index is -0.264. The monoisotopic (exact) mass is 410 g/mol. The largest absolute Gasteiger partial charge is 0.320 e. The molecule has 0 unspecified atom stereocenters. The first-order valence-electron chi connectivity index (χ1n) is 9.88. The molecule has 31 heavy (non-hydrogen) atoms. The third-order valence-corrected chi connectivity index (χ3v) is 5.26. The number of amides is 1. The van der Waals surface area contributed by atoms with Gasteiger partial charge in [0.25, 0.3) is 5.91 Å². The van der Waals surface area contributed by atoms with E-state index in [2.05, 4.69) is 10.4 Å². The summed E-state index contributed by atoms with van der Waals surface area (Å²) in [5.41, 5.74) is 4.94. The molecule has 5 aromatic rings. The van der Waals surface area contributed by atoms with Gasteiger partial charge in [-0.05, 0) is 66.1 Å². The second-order valence-corrected chi connectivity index (χ2v) is 7.33. The Hall–Kier alpha value is -4.19. The predicted molar refractivity (Wildman–Crippen MR) is 119 cm³/mol. The molecule has 0 spiro atoms. The molecule has 1 amide bonds. The standard InChI is InChI=1S/C25H19FN4O/c1-17-4-2-3-5-22(17)27-25(31)23-14-15-30(28-23)24-13-12-21-11-8-19(16-29(21)24)18-6-9-20(26)10-7-18/h2-16H,1H3,(H,27,31). The van der Waals surface area contributed by atoms with E-state index in [1.807, 2.05) is 66.1 Å². The van der Waals surface area contributed by atoms with Crippen LogP contribution in [0.2, 0.25) is 0 Å². The molecule has 3 aromatic heterocycles. The van der Waals surface area contributed by atoms with Crippen LogP contribution in [0.3, 0.4) is 0 Å². The minimum absolute atomic E-state index is 0.263. The summed E-state index contributed by atoms with van der Waals surface area (Å²) < 4.78 is 16.9. The molecule has 0 aliphatic rings. The number of para-hydroxylation sites is 1. The van der Waals surface area contributed by atoms with E-state index >= 15 is 0 Å². The van der Waals surface area contributed by atoms with Gasteiger partial charge in [-0.25, -0.2) is 9.07 Å². The van der Waals surface area contributed by atoms with Crippen LogP contribution in [-0.2, 0) is 0 Å². The van der Waals surface area contributed by atoms with E-state index in [4.69, 9.17) is 0 Å². The van der Waals surface area contributed by atoms with Crippen LogP contribution >= 0.6 is 0 Å². The summed E-state index contributed by atoms with van der Waals surface area (Å²) in [7, 11) is 0. The average molecular weight is 410 g/mol. The maximum Gasteiger partial charge on any atom is 0.276 e. The van der Waals surface area contributed by atoms with Gasteiger partial charge in [-0.15, -0.1) is 0 Å². The van der Waals surface area contributed by atoms with Crippen LogP contribution in [-0.4, -0.2) is 20.1 Å². The summed E-state index contributed by atoms with van der Waals surface area (Å²) in [4.78, 5) is 12.7. The highest BCUT2D eigenvalue weighted by molar-refractivity contribution is 6.03. The Balaban J connectivity index is 1.47. The van der Waals surface area contributed by atoms with Gasteiger partial charge in [0.05, 0.1) is 0 Å². The van der Waals surface area contributed by atoms with Crippen LogP contribution in [0.15, 0.2) is 91.3 Å². The molecule has 0 radical (unpaired) electrons. The first-order valence-corrected chi connectivity index (χ1v) is 9.88. The van der Waals surface area contributed by atoms with Crippen LogP contribution in [0, 0.1) is 12.7 Å². The molecule has 5 rings (SSSR count). The highest BCUT2D eigenvalue weighted by atomic mass is 19.1. The van der Waals surface area contributed by atoms with Gasteiger partial charge < -0.3 is 9.72 Å². The Morgan fingerprint density at radius 3 is 2.45 bits per heavy atom. The SMILES string of the molecule is Cc1ccccc1NC(=O)c1ccn(-c2ccc3ccc(-c4ccc(F)cc4)cn23)n1. The number of nitrogens with zero attached hydrogens (tertiary/aromatic N) is 3. The predicted octanol–water partition coefficient (Wildman–Crippen LogP) is 5.49. The van der Waals surface area contributed by atoms with Crippen molar-refractivity contribution in [2.75, 3.05) is 5.32 Å². The van der Waals surface area contributed by atoms with Crippen molar-refractivity contribution in [1.82, 2.24) is 14.2 Å². The molecule has 5 nitrogen and oxygen atoms in total. The lowest BCUT2D eigenvalue weighted by atomic mass is 10.1. The maximum absolute atomic E-state index is 13.3. The second kappa shape index (κ2) is 7.57. The van der Waals surface area contributed by atoms with Crippen LogP contribution in [0.25, 0.3) is 22.5 Å². The summed E-state index contributed by atoms with van der Waals surface area (Å²) in [5.74, 6) is 0.273. The fraction of sp³-hybridized carbons (Fsp3) is 0.0400. The lowest BCUT2D eigenvalue weighted by Gasteiger charge is -2.07. The third-order valence-electron chi connectivity index (χ3n) is 5.26. The summed E-state index contributed by atoms with van der Waals surface area (Å²) in [6.45, 7) is 1.94. The first kappa shape index (κ1) is 18.8. The van der Waals surface area contributed by atoms with E-state index in [0.717, 1.165) is 33.7 Å². The Morgan fingerprint density at radius 2 is 1.65 bits per heavy atom. The highest BCUT2D eigenvalue weighted by Crippen LogP contribution is 2.23. The number of fused-ring (bicyclic) bond motifs is 1. The van der Waals surface area contributed by atoms with Crippen molar-refractivity contribution in [3.8, 4) is 16.9 Å². The number of aryl methyl sites for hydroxylation is 1. The number of hydrogen-bond donors (Lipinski definition) is 1. The summed E-state index contributed by atoms with van der Waals surface area (Å²) in [5, 5.41) is 7.38. The zero-order valence-electron chi connectivity index (χ0n) is 16.8. The number of hydrogen-bond acceptors (Lipinski definition) is 2. The van der Waals surface area contributed by atoms with E-state index in [9.17, 15) is 9.18 Å². The smallest absolute Gasteiger partial charge is 0.276 e. The number of rotatable bonds is 4. The maximum atomic E-state index is 13.3. The number of pyridine rings is 1. The molecule has 0 aliphatic heterocycles. The molecular weight excluding hydrogens is 391 g/mol. The van der Waals surface area contributed by atoms with Gasteiger partial charge >= 0.3 is 0 Å². The molecule has 0 saturated heterocycles. The minimum Gasteiger partial charge on any atom is -0.320 e. The number of nitrogens with one attached hydrogen (secondary N) is 1. The van der Waals surface area contributed by atoms with Gasteiger partial charge in [-0.2, -0.15) is 5.10 Å². The molecule has 0 atom stereocenters. The molecule has 152 valence electrons. The molecule has 1 N–H and O–H groups in total. The second-order valence-electron chi connectivity index (χ2n) is 7.33. The van der Waals surface area contributed by atoms with E-state index < -0.39 is 0 Å². The number of anilines is 1. The Kier molecular flexibility index (Phi) is 4.59. The van der Waals surface area contributed by atoms with Crippen molar-refractivity contribution in [2.24, 2.45) is 0 Å². The van der Waals surface area contributed by atoms with E-state index in [-0.39, 0.29) is 11.7 Å². The van der Waals surface area contributed by atoms with Crippen molar-refractivity contribution in [1.29, 1.82) is 0 Å². The van der Waals surface area contributed by atoms with Crippen molar-refractivity contribution < 1.29 is 9.18 Å². The number of aromatic nitrogens is 3. The Bertz CT molecular complexity index is 1400. The molecule has 0 saturated carbocycles. The number of carbonyl (C=O) groups is 1. The van der Waals surface area contributed by atoms with E-state index in [1.54, 1.807) is 29.1 Å². The molecule has 0 aliphatic carbocycles. The van der Waals surface area contributed by atoms with Crippen molar-refractivity contribution in [2.45, 2.75) is 6.92 Å². The zero-order valence-corrected chi connectivity index (χ0v) is 16.8.